The van der Waals surface area contributed by atoms with Gasteiger partial charge in [0, 0.05) is 5.41 Å². The van der Waals surface area contributed by atoms with E-state index in [1.807, 2.05) is 13.0 Å². The van der Waals surface area contributed by atoms with Crippen LogP contribution < -0.4 is 0 Å². The first kappa shape index (κ1) is 44.5. The van der Waals surface area contributed by atoms with Gasteiger partial charge in [0.05, 0.1) is 18.3 Å². The lowest BCUT2D eigenvalue weighted by Crippen LogP contribution is -2.42. The van der Waals surface area contributed by atoms with Crippen molar-refractivity contribution in [2.24, 2.45) is 10.8 Å². The Kier molecular flexibility index (Phi) is 24.2. The van der Waals surface area contributed by atoms with Crippen molar-refractivity contribution >= 4 is 0 Å². The van der Waals surface area contributed by atoms with Crippen molar-refractivity contribution in [2.45, 2.75) is 51.7 Å². The van der Waals surface area contributed by atoms with Crippen molar-refractivity contribution in [3.8, 4) is 0 Å². The summed E-state index contributed by atoms with van der Waals surface area (Å²) in [6.07, 6.45) is 7.46. The molecule has 0 spiro atoms. The topological polar surface area (TPSA) is 313 Å². The van der Waals surface area contributed by atoms with Gasteiger partial charge in [0.2, 0.25) is 0 Å². The lowest BCUT2D eigenvalue weighted by atomic mass is 9.57. The van der Waals surface area contributed by atoms with Gasteiger partial charge in [-0.15, -0.1) is 0 Å². The predicted molar refractivity (Wildman–Crippen MR) is 99.9 cm³/mol. The van der Waals surface area contributed by atoms with Gasteiger partial charge in [0.25, 0.3) is 0 Å². The molecule has 0 saturated heterocycles. The number of aliphatic hydroxyl groups excluding tert-OH is 2. The van der Waals surface area contributed by atoms with Crippen LogP contribution in [-0.2, 0) is 0 Å². The van der Waals surface area contributed by atoms with E-state index < -0.39 is 11.7 Å². The van der Waals surface area contributed by atoms with E-state index in [1.165, 1.54) is 0 Å². The smallest absolute Gasteiger partial charge is 0.0800 e. The van der Waals surface area contributed by atoms with Gasteiger partial charge in [-0.1, -0.05) is 32.1 Å². The molecule has 11 heteroatoms. The summed E-state index contributed by atoms with van der Waals surface area (Å²) in [6.45, 7) is 6.07. The van der Waals surface area contributed by atoms with Crippen LogP contribution in [0.5, 0.6) is 0 Å². The molecule has 0 fully saturated rings. The normalized spacial score (nSPS) is 33.5. The molecule has 4 atom stereocenters. The monoisotopic (exact) mass is 396 g/mol. The van der Waals surface area contributed by atoms with Gasteiger partial charge in [-0.2, -0.15) is 0 Å². The van der Waals surface area contributed by atoms with Gasteiger partial charge >= 0.3 is 0 Å². The molecule has 166 valence electrons. The molecule has 0 bridgehead atoms. The maximum atomic E-state index is 10.0. The first-order valence-electron chi connectivity index (χ1n) is 6.65. The van der Waals surface area contributed by atoms with Crippen LogP contribution >= 0.6 is 0 Å². The van der Waals surface area contributed by atoms with Crippen molar-refractivity contribution in [3.63, 3.8) is 0 Å². The molecule has 0 amide bonds. The highest BCUT2D eigenvalue weighted by atomic mass is 16.3. The zero-order valence-electron chi connectivity index (χ0n) is 15.5. The van der Waals surface area contributed by atoms with Crippen LogP contribution in [0.1, 0.15) is 40.0 Å². The highest BCUT2D eigenvalue weighted by Gasteiger charge is 2.50. The Morgan fingerprint density at radius 1 is 0.885 bits per heavy atom. The molecule has 0 aromatic heterocycles. The van der Waals surface area contributed by atoms with Gasteiger partial charge < -0.3 is 59.1 Å². The second-order valence-corrected chi connectivity index (χ2v) is 6.56. The third-order valence-corrected chi connectivity index (χ3v) is 5.11. The standard InChI is InChI=1S/C15H24O3.8H2O/c1-13(4-6-14(2,18)7-5-13)15(3)9-12(17)8-11(15)10-16;;;;;;;;/h4,6,8,12,16-18H,5,7,9-10H2,1-3H3;8*1H2/t12-,13-,14+,15+;;;;;;;;/m0......../s1. The van der Waals surface area contributed by atoms with Crippen molar-refractivity contribution in [1.82, 2.24) is 0 Å². The lowest BCUT2D eigenvalue weighted by molar-refractivity contribution is 0.0348. The van der Waals surface area contributed by atoms with E-state index in [-0.39, 0.29) is 61.2 Å². The van der Waals surface area contributed by atoms with Crippen molar-refractivity contribution in [1.29, 1.82) is 0 Å². The van der Waals surface area contributed by atoms with Gasteiger partial charge in [-0.05, 0) is 37.2 Å². The van der Waals surface area contributed by atoms with Crippen LogP contribution in [0.2, 0.25) is 0 Å². The predicted octanol–water partition coefficient (Wildman–Crippen LogP) is -4.81. The molecule has 0 unspecified atom stereocenters. The fourth-order valence-electron chi connectivity index (χ4n) is 3.35. The molecule has 2 rings (SSSR count). The summed E-state index contributed by atoms with van der Waals surface area (Å²) in [7, 11) is 0. The number of hydrogen-bond acceptors (Lipinski definition) is 3. The van der Waals surface area contributed by atoms with Crippen LogP contribution in [0.3, 0.4) is 0 Å². The molecule has 0 saturated carbocycles. The first-order valence-corrected chi connectivity index (χ1v) is 6.65. The number of hydrogen-bond donors (Lipinski definition) is 3. The fraction of sp³-hybridized carbons (Fsp3) is 0.733. The van der Waals surface area contributed by atoms with Gasteiger partial charge in [0.1, 0.15) is 0 Å². The molecular weight excluding hydrogens is 356 g/mol. The minimum absolute atomic E-state index is 0. The second-order valence-electron chi connectivity index (χ2n) is 6.56. The Morgan fingerprint density at radius 3 is 1.69 bits per heavy atom. The van der Waals surface area contributed by atoms with E-state index in [1.54, 1.807) is 6.08 Å². The molecule has 19 N–H and O–H groups in total. The third kappa shape index (κ3) is 7.34. The van der Waals surface area contributed by atoms with E-state index in [4.69, 9.17) is 0 Å². The van der Waals surface area contributed by atoms with Gasteiger partial charge in [0.15, 0.2) is 0 Å². The molecule has 2 aliphatic rings. The van der Waals surface area contributed by atoms with Gasteiger partial charge in [-0.3, -0.25) is 0 Å². The first-order chi connectivity index (χ1) is 8.22. The molecule has 0 aromatic carbocycles. The summed E-state index contributed by atoms with van der Waals surface area (Å²) in [6, 6.07) is 0. The SMILES string of the molecule is C[C@]1([C@]2(C)C[C@@H](O)C=C2CO)C=C[C@@](C)(O)CC1.O.O.O.O.O.O.O.O. The largest absolute Gasteiger partial charge is 0.412 e. The number of rotatable bonds is 2. The molecule has 26 heavy (non-hydrogen) atoms. The van der Waals surface area contributed by atoms with Crippen LogP contribution in [0.15, 0.2) is 23.8 Å². The van der Waals surface area contributed by atoms with E-state index in [0.717, 1.165) is 12.0 Å². The second kappa shape index (κ2) is 14.1. The Balaban J connectivity index is -0.0000000902. The van der Waals surface area contributed by atoms with Crippen molar-refractivity contribution in [2.75, 3.05) is 6.61 Å². The molecular formula is C15H40O11. The van der Waals surface area contributed by atoms with E-state index >= 15 is 0 Å². The minimum atomic E-state index is -0.726. The fourth-order valence-corrected chi connectivity index (χ4v) is 3.35. The van der Waals surface area contributed by atoms with E-state index in [0.29, 0.717) is 12.8 Å². The van der Waals surface area contributed by atoms with Crippen LogP contribution in [0.4, 0.5) is 0 Å². The molecule has 0 radical (unpaired) electrons. The molecule has 2 aliphatic carbocycles. The Bertz CT molecular complexity index is 410. The van der Waals surface area contributed by atoms with Crippen LogP contribution in [0, 0.1) is 10.8 Å². The highest BCUT2D eigenvalue weighted by molar-refractivity contribution is 5.31. The summed E-state index contributed by atoms with van der Waals surface area (Å²) in [5, 5.41) is 29.4. The van der Waals surface area contributed by atoms with Crippen molar-refractivity contribution < 1.29 is 59.1 Å². The lowest BCUT2D eigenvalue weighted by Gasteiger charge is -2.48. The minimum Gasteiger partial charge on any atom is -0.412 e. The Labute approximate surface area is 153 Å². The molecule has 11 nitrogen and oxygen atoms in total. The van der Waals surface area contributed by atoms with E-state index in [9.17, 15) is 15.3 Å². The van der Waals surface area contributed by atoms with Gasteiger partial charge in [-0.25, -0.2) is 0 Å². The molecule has 0 aromatic rings. The number of aliphatic hydroxyl groups is 3. The maximum absolute atomic E-state index is 10.0. The number of allylic oxidation sites excluding steroid dienone is 1. The molecule has 0 heterocycles. The summed E-state index contributed by atoms with van der Waals surface area (Å²) in [4.78, 5) is 0. The third-order valence-electron chi connectivity index (χ3n) is 5.11. The summed E-state index contributed by atoms with van der Waals surface area (Å²) in [5.74, 6) is 0. The van der Waals surface area contributed by atoms with Crippen LogP contribution in [-0.4, -0.2) is 77.4 Å². The summed E-state index contributed by atoms with van der Waals surface area (Å²) >= 11 is 0. The summed E-state index contributed by atoms with van der Waals surface area (Å²) < 4.78 is 0. The quantitative estimate of drug-likeness (QED) is 0.387. The van der Waals surface area contributed by atoms with Crippen molar-refractivity contribution in [3.05, 3.63) is 23.8 Å². The zero-order valence-corrected chi connectivity index (χ0v) is 15.5. The Morgan fingerprint density at radius 2 is 1.35 bits per heavy atom. The Hall–Kier alpha value is -0.960. The maximum Gasteiger partial charge on any atom is 0.0800 e. The average molecular weight is 396 g/mol. The zero-order chi connectivity index (χ0) is 13.6. The molecule has 0 aliphatic heterocycles. The summed E-state index contributed by atoms with van der Waals surface area (Å²) in [5.41, 5.74) is -0.158. The average Bonchev–Trinajstić information content (AvgIpc) is 2.60. The highest BCUT2D eigenvalue weighted by Crippen LogP contribution is 2.56. The van der Waals surface area contributed by atoms with Crippen LogP contribution in [0.25, 0.3) is 0 Å². The van der Waals surface area contributed by atoms with E-state index in [2.05, 4.69) is 19.9 Å².